The van der Waals surface area contributed by atoms with Gasteiger partial charge in [-0.2, -0.15) is 0 Å². The highest BCUT2D eigenvalue weighted by molar-refractivity contribution is 7.28. The molecule has 1 N–H and O–H groups in total. The number of hydrogen-bond acceptors (Lipinski definition) is 8. The fraction of sp³-hybridized carbons (Fsp3) is 0.250. The van der Waals surface area contributed by atoms with E-state index in [2.05, 4.69) is 19.6 Å². The minimum atomic E-state index is -0.191. The lowest BCUT2D eigenvalue weighted by atomic mass is 9.74. The highest BCUT2D eigenvalue weighted by atomic mass is 31.0. The van der Waals surface area contributed by atoms with E-state index in [9.17, 15) is 14.9 Å². The van der Waals surface area contributed by atoms with Crippen LogP contribution in [0, 0.1) is 16.7 Å². The largest absolute Gasteiger partial charge is 0.508 e. The van der Waals surface area contributed by atoms with Crippen LogP contribution in [0.2, 0.25) is 0 Å². The van der Waals surface area contributed by atoms with Crippen LogP contribution in [0.5, 0.6) is 23.0 Å². The van der Waals surface area contributed by atoms with Crippen molar-refractivity contribution < 1.29 is 19.3 Å². The van der Waals surface area contributed by atoms with Crippen molar-refractivity contribution in [3.05, 3.63) is 74.5 Å². The summed E-state index contributed by atoms with van der Waals surface area (Å²) in [7, 11) is 5.49. The summed E-state index contributed by atoms with van der Waals surface area (Å²) >= 11 is 0. The van der Waals surface area contributed by atoms with Gasteiger partial charge in [0.05, 0.1) is 20.8 Å². The minimum absolute atomic E-state index is 0.0900. The number of fused-ring (bicyclic) bond motifs is 1. The molecule has 0 amide bonds. The van der Waals surface area contributed by atoms with Crippen LogP contribution < -0.4 is 19.5 Å². The van der Waals surface area contributed by atoms with Gasteiger partial charge in [-0.1, -0.05) is 6.07 Å². The third-order valence-electron chi connectivity index (χ3n) is 6.00. The van der Waals surface area contributed by atoms with E-state index < -0.39 is 0 Å². The van der Waals surface area contributed by atoms with E-state index in [-0.39, 0.29) is 23.3 Å². The third-order valence-corrected chi connectivity index (χ3v) is 6.46. The molecule has 0 fully saturated rings. The number of nitroso groups, excluding NO2 is 2. The van der Waals surface area contributed by atoms with Crippen molar-refractivity contribution in [1.82, 2.24) is 0 Å². The Bertz CT molecular complexity index is 1220. The molecular formula is C24H23N2O6P. The number of aryl methyl sites for hydroxylation is 1. The number of nitrogens with zero attached hydrogens (tertiary/aromatic N) is 2. The lowest BCUT2D eigenvalue weighted by Crippen LogP contribution is -2.26. The first-order valence-electron chi connectivity index (χ1n) is 10.2. The Hall–Kier alpha value is -3.51. The first kappa shape index (κ1) is 22.7. The molecule has 8 nitrogen and oxygen atoms in total. The second-order valence-electron chi connectivity index (χ2n) is 7.84. The molecule has 3 unspecified atom stereocenters. The summed E-state index contributed by atoms with van der Waals surface area (Å²) in [4.78, 5) is 22.5. The minimum Gasteiger partial charge on any atom is -0.508 e. The maximum Gasteiger partial charge on any atom is 0.191 e. The summed E-state index contributed by atoms with van der Waals surface area (Å²) in [5, 5.41) is 16.9. The number of phenols is 1. The zero-order chi connectivity index (χ0) is 23.7. The van der Waals surface area contributed by atoms with Gasteiger partial charge in [0.1, 0.15) is 17.2 Å². The molecule has 1 heterocycles. The summed E-state index contributed by atoms with van der Waals surface area (Å²) in [6.07, 6.45) is 0. The van der Waals surface area contributed by atoms with Crippen LogP contribution in [0.25, 0.3) is 0 Å². The molecule has 3 aromatic carbocycles. The first-order chi connectivity index (χ1) is 15.9. The van der Waals surface area contributed by atoms with Gasteiger partial charge in [-0.05, 0) is 69.6 Å². The molecule has 0 aliphatic carbocycles. The second-order valence-corrected chi connectivity index (χ2v) is 8.47. The van der Waals surface area contributed by atoms with Crippen LogP contribution in [-0.4, -0.2) is 25.9 Å². The Balaban J connectivity index is 1.95. The maximum atomic E-state index is 11.4. The van der Waals surface area contributed by atoms with Crippen molar-refractivity contribution >= 4 is 25.9 Å². The van der Waals surface area contributed by atoms with E-state index in [4.69, 9.17) is 14.2 Å². The van der Waals surface area contributed by atoms with E-state index in [0.717, 1.165) is 22.3 Å². The fourth-order valence-electron chi connectivity index (χ4n) is 4.50. The van der Waals surface area contributed by atoms with Crippen LogP contribution >= 0.6 is 9.24 Å². The molecule has 3 aromatic rings. The van der Waals surface area contributed by atoms with Gasteiger partial charge in [-0.3, -0.25) is 0 Å². The molecule has 0 radical (unpaired) electrons. The van der Waals surface area contributed by atoms with E-state index >= 15 is 0 Å². The Kier molecular flexibility index (Phi) is 6.29. The van der Waals surface area contributed by atoms with E-state index in [1.807, 2.05) is 19.1 Å². The molecule has 3 atom stereocenters. The number of methoxy groups -OCH3 is 2. The molecule has 33 heavy (non-hydrogen) atoms. The predicted octanol–water partition coefficient (Wildman–Crippen LogP) is 5.32. The molecule has 0 bridgehead atoms. The molecule has 170 valence electrons. The summed E-state index contributed by atoms with van der Waals surface area (Å²) in [5.41, 5.74) is 4.02. The summed E-state index contributed by atoms with van der Waals surface area (Å²) in [6.45, 7) is 2.22. The summed E-state index contributed by atoms with van der Waals surface area (Å²) in [5.74, 6) is 0.960. The number of benzene rings is 3. The first-order valence-corrected chi connectivity index (χ1v) is 10.8. The summed E-state index contributed by atoms with van der Waals surface area (Å²) < 4.78 is 16.9. The van der Waals surface area contributed by atoms with Gasteiger partial charge in [-0.15, -0.1) is 19.1 Å². The van der Waals surface area contributed by atoms with Crippen LogP contribution in [0.1, 0.15) is 34.1 Å². The third kappa shape index (κ3) is 4.02. The molecule has 0 aromatic heterocycles. The number of hydrogen-bond donors (Lipinski definition) is 1. The van der Waals surface area contributed by atoms with Gasteiger partial charge in [-0.25, -0.2) is 0 Å². The van der Waals surface area contributed by atoms with Gasteiger partial charge < -0.3 is 19.3 Å². The van der Waals surface area contributed by atoms with Crippen molar-refractivity contribution in [1.29, 1.82) is 0 Å². The monoisotopic (exact) mass is 466 g/mol. The summed E-state index contributed by atoms with van der Waals surface area (Å²) in [6, 6.07) is 12.3. The van der Waals surface area contributed by atoms with Crippen molar-refractivity contribution in [2.45, 2.75) is 18.8 Å². The molecule has 4 rings (SSSR count). The van der Waals surface area contributed by atoms with Gasteiger partial charge in [0.2, 0.25) is 0 Å². The van der Waals surface area contributed by atoms with Crippen LogP contribution in [0.4, 0.5) is 11.4 Å². The zero-order valence-corrected chi connectivity index (χ0v) is 19.5. The molecular weight excluding hydrogens is 443 g/mol. The van der Waals surface area contributed by atoms with Crippen molar-refractivity contribution in [3.63, 3.8) is 0 Å². The molecule has 1 aliphatic heterocycles. The highest BCUT2D eigenvalue weighted by Crippen LogP contribution is 2.51. The van der Waals surface area contributed by atoms with Gasteiger partial charge in [0, 0.05) is 23.5 Å². The fourth-order valence-corrected chi connectivity index (χ4v) is 4.84. The molecule has 0 spiro atoms. The topological polar surface area (TPSA) is 107 Å². The number of ether oxygens (including phenoxy) is 3. The predicted molar refractivity (Wildman–Crippen MR) is 129 cm³/mol. The average Bonchev–Trinajstić information content (AvgIpc) is 2.82. The van der Waals surface area contributed by atoms with Gasteiger partial charge in [0.15, 0.2) is 17.2 Å². The van der Waals surface area contributed by atoms with Crippen molar-refractivity contribution in [2.24, 2.45) is 10.4 Å². The maximum absolute atomic E-state index is 11.4. The smallest absolute Gasteiger partial charge is 0.191 e. The van der Waals surface area contributed by atoms with Gasteiger partial charge >= 0.3 is 0 Å². The van der Waals surface area contributed by atoms with E-state index in [1.54, 1.807) is 30.3 Å². The van der Waals surface area contributed by atoms with Crippen molar-refractivity contribution in [2.75, 3.05) is 20.8 Å². The van der Waals surface area contributed by atoms with Crippen molar-refractivity contribution in [3.8, 4) is 23.0 Å². The molecule has 0 saturated carbocycles. The van der Waals surface area contributed by atoms with Crippen LogP contribution in [0.15, 0.2) is 52.8 Å². The Morgan fingerprint density at radius 2 is 1.70 bits per heavy atom. The normalized spacial score (nSPS) is 17.0. The average molecular weight is 466 g/mol. The zero-order valence-electron chi connectivity index (χ0n) is 18.4. The SMILES string of the molecule is COc1cc(C2COc3cc(O)cc(C)c3C2c2ccc(N=O)c(P)c2)cc(OC)c1N=O. The number of phenolic OH excluding ortho intramolecular Hbond substituents is 1. The Morgan fingerprint density at radius 1 is 1.00 bits per heavy atom. The lowest BCUT2D eigenvalue weighted by molar-refractivity contribution is 0.246. The molecule has 9 heteroatoms. The highest BCUT2D eigenvalue weighted by Gasteiger charge is 2.36. The standard InChI is InChI=1S/C24H23N2O6P/c1-12-6-15(27)10-18-22(12)23(13-4-5-17(25-28)21(33)9-13)16(11-32-18)14-7-19(30-2)24(26-29)20(8-14)31-3/h4-10,16,23,27H,11,33H2,1-3H3. The van der Waals surface area contributed by atoms with E-state index in [0.29, 0.717) is 34.8 Å². The molecule has 0 saturated heterocycles. The quantitative estimate of drug-likeness (QED) is 0.389. The Morgan fingerprint density at radius 3 is 2.27 bits per heavy atom. The van der Waals surface area contributed by atoms with Gasteiger partial charge in [0.25, 0.3) is 0 Å². The second kappa shape index (κ2) is 9.16. The Labute approximate surface area is 193 Å². The van der Waals surface area contributed by atoms with Crippen LogP contribution in [-0.2, 0) is 0 Å². The number of rotatable bonds is 6. The molecule has 1 aliphatic rings. The number of aromatic hydroxyl groups is 1. The van der Waals surface area contributed by atoms with Crippen LogP contribution in [0.3, 0.4) is 0 Å². The lowest BCUT2D eigenvalue weighted by Gasteiger charge is -2.36. The van der Waals surface area contributed by atoms with E-state index in [1.165, 1.54) is 14.2 Å².